The number of esters is 1. The van der Waals surface area contributed by atoms with E-state index in [2.05, 4.69) is 27.7 Å². The van der Waals surface area contributed by atoms with Crippen molar-refractivity contribution in [2.75, 3.05) is 19.6 Å². The summed E-state index contributed by atoms with van der Waals surface area (Å²) in [5.74, 6) is -0.0155. The number of ether oxygens (including phenoxy) is 1. The molecule has 0 aromatic rings. The second-order valence-electron chi connectivity index (χ2n) is 6.83. The second kappa shape index (κ2) is 16.4. The molecule has 3 nitrogen and oxygen atoms in total. The van der Waals surface area contributed by atoms with Crippen molar-refractivity contribution in [3.63, 3.8) is 0 Å². The Bertz CT molecular complexity index is 285. The van der Waals surface area contributed by atoms with E-state index in [0.29, 0.717) is 6.42 Å². The van der Waals surface area contributed by atoms with Gasteiger partial charge in [-0.1, -0.05) is 58.3 Å². The molecule has 0 fully saturated rings. The van der Waals surface area contributed by atoms with Crippen LogP contribution in [0.1, 0.15) is 98.8 Å². The van der Waals surface area contributed by atoms with Gasteiger partial charge in [-0.25, -0.2) is 0 Å². The predicted molar refractivity (Wildman–Crippen MR) is 99.3 cm³/mol. The van der Waals surface area contributed by atoms with Crippen LogP contribution in [-0.4, -0.2) is 36.3 Å². The van der Waals surface area contributed by atoms with E-state index in [1.54, 1.807) is 0 Å². The summed E-state index contributed by atoms with van der Waals surface area (Å²) in [6.07, 6.45) is 12.1. The summed E-state index contributed by atoms with van der Waals surface area (Å²) in [6.45, 7) is 13.9. The third-order valence-electron chi connectivity index (χ3n) is 5.45. The van der Waals surface area contributed by atoms with Crippen LogP contribution in [0.4, 0.5) is 0 Å². The Morgan fingerprint density at radius 2 is 1.21 bits per heavy atom. The summed E-state index contributed by atoms with van der Waals surface area (Å²) in [6, 6.07) is 0. The van der Waals surface area contributed by atoms with E-state index in [9.17, 15) is 4.79 Å². The lowest BCUT2D eigenvalue weighted by atomic mass is 10.1. The monoisotopic (exact) mass is 407 g/mol. The topological polar surface area (TPSA) is 26.3 Å². The molecule has 146 valence electrons. The van der Waals surface area contributed by atoms with Gasteiger partial charge in [-0.15, -0.1) is 0 Å². The van der Waals surface area contributed by atoms with Crippen molar-refractivity contribution >= 4 is 5.97 Å². The number of quaternary nitrogens is 1. The van der Waals surface area contributed by atoms with Crippen LogP contribution < -0.4 is 17.0 Å². The summed E-state index contributed by atoms with van der Waals surface area (Å²) >= 11 is 0. The van der Waals surface area contributed by atoms with Crippen LogP contribution in [0, 0.1) is 0 Å². The Morgan fingerprint density at radius 1 is 0.792 bits per heavy atom. The SMILES string of the molecule is CCCCCCCCCCCC(=O)OC(C)[N+](CC)(CC)CC.[Br-]. The van der Waals surface area contributed by atoms with E-state index in [0.717, 1.165) is 37.0 Å². The zero-order valence-corrected chi connectivity index (χ0v) is 18.5. The van der Waals surface area contributed by atoms with Gasteiger partial charge in [0.2, 0.25) is 6.23 Å². The van der Waals surface area contributed by atoms with Crippen LogP contribution in [0.3, 0.4) is 0 Å². The highest BCUT2D eigenvalue weighted by Gasteiger charge is 2.31. The number of halogens is 1. The lowest BCUT2D eigenvalue weighted by molar-refractivity contribution is -0.963. The lowest BCUT2D eigenvalue weighted by Gasteiger charge is -2.40. The first kappa shape index (κ1) is 26.1. The second-order valence-corrected chi connectivity index (χ2v) is 6.83. The highest BCUT2D eigenvalue weighted by atomic mass is 79.9. The number of carbonyl (C=O) groups excluding carboxylic acids is 1. The molecule has 0 bridgehead atoms. The van der Waals surface area contributed by atoms with Gasteiger partial charge < -0.3 is 21.7 Å². The maximum Gasteiger partial charge on any atom is 0.310 e. The Morgan fingerprint density at radius 3 is 1.62 bits per heavy atom. The summed E-state index contributed by atoms with van der Waals surface area (Å²) < 4.78 is 6.56. The molecule has 0 saturated heterocycles. The predicted octanol–water partition coefficient (Wildman–Crippen LogP) is 2.68. The van der Waals surface area contributed by atoms with Gasteiger partial charge in [0.1, 0.15) is 0 Å². The third-order valence-corrected chi connectivity index (χ3v) is 5.45. The fraction of sp³-hybridized carbons (Fsp3) is 0.950. The van der Waals surface area contributed by atoms with Gasteiger partial charge >= 0.3 is 5.97 Å². The maximum atomic E-state index is 12.0. The number of hydrogen-bond donors (Lipinski definition) is 0. The smallest absolute Gasteiger partial charge is 0.310 e. The first-order valence-corrected chi connectivity index (χ1v) is 10.1. The minimum Gasteiger partial charge on any atom is -1.00 e. The molecule has 0 aliphatic carbocycles. The molecule has 0 amide bonds. The van der Waals surface area contributed by atoms with Crippen molar-refractivity contribution in [2.45, 2.75) is 105 Å². The Kier molecular flexibility index (Phi) is 17.8. The number of rotatable bonds is 15. The molecule has 0 heterocycles. The zero-order chi connectivity index (χ0) is 17.6. The van der Waals surface area contributed by atoms with Crippen molar-refractivity contribution < 1.29 is 31.0 Å². The van der Waals surface area contributed by atoms with Gasteiger partial charge in [-0.05, 0) is 27.2 Å². The van der Waals surface area contributed by atoms with Crippen LogP contribution in [0.5, 0.6) is 0 Å². The summed E-state index contributed by atoms with van der Waals surface area (Å²) in [7, 11) is 0. The van der Waals surface area contributed by atoms with Crippen molar-refractivity contribution in [3.8, 4) is 0 Å². The molecular formula is C20H42BrNO2. The standard InChI is InChI=1S/C20H42NO2.BrH/c1-6-10-11-12-13-14-15-16-17-18-20(22)23-19(5)21(7-2,8-3)9-4;/h19H,6-18H2,1-5H3;1H/q+1;/p-1. The molecule has 4 heteroatoms. The molecule has 0 saturated carbocycles. The van der Waals surface area contributed by atoms with Gasteiger partial charge in [-0.2, -0.15) is 0 Å². The third kappa shape index (κ3) is 10.7. The Labute approximate surface area is 161 Å². The normalized spacial score (nSPS) is 12.5. The maximum absolute atomic E-state index is 12.0. The first-order valence-electron chi connectivity index (χ1n) is 10.1. The van der Waals surface area contributed by atoms with Crippen molar-refractivity contribution in [3.05, 3.63) is 0 Å². The molecule has 0 spiro atoms. The highest BCUT2D eigenvalue weighted by Crippen LogP contribution is 2.16. The molecular weight excluding hydrogens is 366 g/mol. The Hall–Kier alpha value is -0.0900. The number of hydrogen-bond acceptors (Lipinski definition) is 2. The van der Waals surface area contributed by atoms with E-state index in [-0.39, 0.29) is 29.2 Å². The lowest BCUT2D eigenvalue weighted by Crippen LogP contribution is -3.00. The molecule has 0 rings (SSSR count). The number of carbonyl (C=O) groups is 1. The van der Waals surface area contributed by atoms with Crippen LogP contribution in [0.15, 0.2) is 0 Å². The van der Waals surface area contributed by atoms with Crippen molar-refractivity contribution in [2.24, 2.45) is 0 Å². The first-order chi connectivity index (χ1) is 11.1. The van der Waals surface area contributed by atoms with Crippen LogP contribution >= 0.6 is 0 Å². The molecule has 0 aliphatic heterocycles. The summed E-state index contributed by atoms with van der Waals surface area (Å²) in [5.41, 5.74) is 0. The average Bonchev–Trinajstić information content (AvgIpc) is 2.55. The molecule has 24 heavy (non-hydrogen) atoms. The largest absolute Gasteiger partial charge is 1.00 e. The van der Waals surface area contributed by atoms with E-state index in [4.69, 9.17) is 4.74 Å². The molecule has 0 N–H and O–H groups in total. The average molecular weight is 408 g/mol. The van der Waals surface area contributed by atoms with Crippen LogP contribution in [-0.2, 0) is 9.53 Å². The van der Waals surface area contributed by atoms with Gasteiger partial charge in [-0.3, -0.25) is 9.28 Å². The Balaban J connectivity index is 0. The number of nitrogens with zero attached hydrogens (tertiary/aromatic N) is 1. The van der Waals surface area contributed by atoms with Crippen molar-refractivity contribution in [1.29, 1.82) is 0 Å². The summed E-state index contributed by atoms with van der Waals surface area (Å²) in [4.78, 5) is 12.0. The van der Waals surface area contributed by atoms with E-state index < -0.39 is 0 Å². The fourth-order valence-corrected chi connectivity index (χ4v) is 3.38. The minimum atomic E-state index is -0.0268. The minimum absolute atomic E-state index is 0. The van der Waals surface area contributed by atoms with Crippen molar-refractivity contribution in [1.82, 2.24) is 0 Å². The number of unbranched alkanes of at least 4 members (excludes halogenated alkanes) is 8. The quantitative estimate of drug-likeness (QED) is 0.180. The molecule has 1 atom stereocenters. The molecule has 0 radical (unpaired) electrons. The highest BCUT2D eigenvalue weighted by molar-refractivity contribution is 5.69. The molecule has 0 aromatic heterocycles. The van der Waals surface area contributed by atoms with E-state index >= 15 is 0 Å². The fourth-order valence-electron chi connectivity index (χ4n) is 3.38. The molecule has 1 unspecified atom stereocenters. The van der Waals surface area contributed by atoms with Gasteiger partial charge in [0.25, 0.3) is 0 Å². The van der Waals surface area contributed by atoms with Gasteiger partial charge in [0, 0.05) is 13.3 Å². The van der Waals surface area contributed by atoms with E-state index in [1.165, 1.54) is 44.9 Å². The van der Waals surface area contributed by atoms with Crippen LogP contribution in [0.25, 0.3) is 0 Å². The van der Waals surface area contributed by atoms with E-state index in [1.807, 2.05) is 6.92 Å². The zero-order valence-electron chi connectivity index (χ0n) is 16.9. The van der Waals surface area contributed by atoms with Gasteiger partial charge in [0.05, 0.1) is 19.6 Å². The van der Waals surface area contributed by atoms with Gasteiger partial charge in [0.15, 0.2) is 0 Å². The van der Waals surface area contributed by atoms with Crippen LogP contribution in [0.2, 0.25) is 0 Å². The summed E-state index contributed by atoms with van der Waals surface area (Å²) in [5, 5.41) is 0. The molecule has 0 aliphatic rings. The molecule has 0 aromatic carbocycles.